The molecule has 5 nitrogen and oxygen atoms in total. The number of nitrogens with one attached hydrogen (secondary N) is 2. The lowest BCUT2D eigenvalue weighted by Crippen LogP contribution is -2.38. The second-order valence-electron chi connectivity index (χ2n) is 5.36. The lowest BCUT2D eigenvalue weighted by Gasteiger charge is -2.12. The van der Waals surface area contributed by atoms with E-state index in [1.807, 2.05) is 0 Å². The van der Waals surface area contributed by atoms with Gasteiger partial charge in [-0.3, -0.25) is 0 Å². The summed E-state index contributed by atoms with van der Waals surface area (Å²) in [5.41, 5.74) is 1.32. The smallest absolute Gasteiger partial charge is 0.191 e. The van der Waals surface area contributed by atoms with E-state index in [1.165, 1.54) is 10.4 Å². The van der Waals surface area contributed by atoms with Gasteiger partial charge in [-0.15, -0.1) is 11.3 Å². The summed E-state index contributed by atoms with van der Waals surface area (Å²) < 4.78 is 11.0. The topological polar surface area (TPSA) is 54.9 Å². The second kappa shape index (κ2) is 9.82. The first-order valence-electron chi connectivity index (χ1n) is 8.04. The van der Waals surface area contributed by atoms with Crippen LogP contribution >= 0.6 is 11.3 Å². The highest BCUT2D eigenvalue weighted by molar-refractivity contribution is 7.10. The molecule has 0 aliphatic carbocycles. The van der Waals surface area contributed by atoms with Crippen LogP contribution in [0, 0.1) is 6.92 Å². The number of aryl methyl sites for hydroxylation is 1. The first-order valence-corrected chi connectivity index (χ1v) is 8.92. The number of thiophene rings is 1. The number of hydrogen-bond acceptors (Lipinski definition) is 4. The van der Waals surface area contributed by atoms with Crippen molar-refractivity contribution < 1.29 is 9.47 Å². The minimum Gasteiger partial charge on any atom is -0.379 e. The molecule has 1 atom stereocenters. The van der Waals surface area contributed by atoms with Crippen LogP contribution in [0.4, 0.5) is 0 Å². The van der Waals surface area contributed by atoms with Gasteiger partial charge in [-0.1, -0.05) is 0 Å². The van der Waals surface area contributed by atoms with Crippen LogP contribution in [0.2, 0.25) is 0 Å². The van der Waals surface area contributed by atoms with Gasteiger partial charge in [0.05, 0.1) is 19.3 Å². The van der Waals surface area contributed by atoms with Crippen molar-refractivity contribution in [1.82, 2.24) is 10.6 Å². The van der Waals surface area contributed by atoms with Gasteiger partial charge in [-0.25, -0.2) is 4.99 Å². The fourth-order valence-corrected chi connectivity index (χ4v) is 3.06. The van der Waals surface area contributed by atoms with Gasteiger partial charge in [0, 0.05) is 31.2 Å². The van der Waals surface area contributed by atoms with Crippen LogP contribution in [0.25, 0.3) is 0 Å². The van der Waals surface area contributed by atoms with Crippen LogP contribution in [0.1, 0.15) is 30.2 Å². The van der Waals surface area contributed by atoms with E-state index in [9.17, 15) is 0 Å². The Bertz CT molecular complexity index is 456. The molecule has 0 radical (unpaired) electrons. The second-order valence-corrected chi connectivity index (χ2v) is 6.36. The quantitative estimate of drug-likeness (QED) is 0.437. The highest BCUT2D eigenvalue weighted by atomic mass is 32.1. The van der Waals surface area contributed by atoms with Crippen LogP contribution < -0.4 is 10.6 Å². The van der Waals surface area contributed by atoms with Crippen molar-refractivity contribution in [2.24, 2.45) is 4.99 Å². The molecule has 1 aromatic heterocycles. The molecule has 0 spiro atoms. The predicted octanol–water partition coefficient (Wildman–Crippen LogP) is 2.31. The van der Waals surface area contributed by atoms with Gasteiger partial charge < -0.3 is 20.1 Å². The van der Waals surface area contributed by atoms with Crippen LogP contribution in [-0.4, -0.2) is 45.0 Å². The molecular formula is C16H27N3O2S. The Kier molecular flexibility index (Phi) is 7.70. The normalized spacial score (nSPS) is 18.6. The molecule has 1 aromatic rings. The van der Waals surface area contributed by atoms with Crippen LogP contribution in [0.15, 0.2) is 16.4 Å². The maximum absolute atomic E-state index is 5.76. The number of nitrogens with zero attached hydrogens (tertiary/aromatic N) is 1. The van der Waals surface area contributed by atoms with Crippen LogP contribution in [-0.2, 0) is 16.0 Å². The van der Waals surface area contributed by atoms with E-state index in [0.717, 1.165) is 58.3 Å². The predicted molar refractivity (Wildman–Crippen MR) is 91.7 cm³/mol. The minimum absolute atomic E-state index is 0.295. The van der Waals surface area contributed by atoms with Gasteiger partial charge in [-0.2, -0.15) is 0 Å². The summed E-state index contributed by atoms with van der Waals surface area (Å²) in [7, 11) is 0. The number of guanidine groups is 1. The Labute approximate surface area is 137 Å². The molecule has 22 heavy (non-hydrogen) atoms. The Morgan fingerprint density at radius 2 is 2.41 bits per heavy atom. The molecule has 2 heterocycles. The molecule has 1 fully saturated rings. The number of hydrogen-bond donors (Lipinski definition) is 2. The van der Waals surface area contributed by atoms with E-state index in [2.05, 4.69) is 40.9 Å². The number of aliphatic imine (C=N–C) groups is 1. The maximum Gasteiger partial charge on any atom is 0.191 e. The fourth-order valence-electron chi connectivity index (χ4n) is 2.23. The number of rotatable bonds is 8. The first kappa shape index (κ1) is 17.2. The van der Waals surface area contributed by atoms with Gasteiger partial charge in [0.25, 0.3) is 0 Å². The van der Waals surface area contributed by atoms with E-state index in [1.54, 1.807) is 11.3 Å². The molecule has 2 N–H and O–H groups in total. The van der Waals surface area contributed by atoms with Crippen molar-refractivity contribution in [3.05, 3.63) is 21.9 Å². The summed E-state index contributed by atoms with van der Waals surface area (Å²) in [6.07, 6.45) is 2.29. The molecule has 0 amide bonds. The molecule has 1 saturated heterocycles. The third-order valence-electron chi connectivity index (χ3n) is 3.55. The van der Waals surface area contributed by atoms with E-state index >= 15 is 0 Å². The molecule has 1 aliphatic rings. The zero-order valence-electron chi connectivity index (χ0n) is 13.6. The lowest BCUT2D eigenvalue weighted by molar-refractivity contribution is 0.0420. The van der Waals surface area contributed by atoms with Gasteiger partial charge >= 0.3 is 0 Å². The summed E-state index contributed by atoms with van der Waals surface area (Å²) in [5.74, 6) is 0.875. The Balaban J connectivity index is 1.65. The van der Waals surface area contributed by atoms with Gasteiger partial charge in [0.15, 0.2) is 5.96 Å². The molecule has 1 aliphatic heterocycles. The molecule has 2 rings (SSSR count). The van der Waals surface area contributed by atoms with Crippen LogP contribution in [0.5, 0.6) is 0 Å². The van der Waals surface area contributed by atoms with E-state index < -0.39 is 0 Å². The maximum atomic E-state index is 5.76. The zero-order valence-corrected chi connectivity index (χ0v) is 14.4. The SMILES string of the molecule is CCNC(=NCc1sccc1C)NCCCOC1CCOC1. The van der Waals surface area contributed by atoms with Crippen molar-refractivity contribution in [2.75, 3.05) is 32.9 Å². The Morgan fingerprint density at radius 3 is 3.09 bits per heavy atom. The standard InChI is InChI=1S/C16H27N3O2S/c1-3-17-16(19-11-15-13(2)6-10-22-15)18-7-4-8-21-14-5-9-20-12-14/h6,10,14H,3-5,7-9,11-12H2,1-2H3,(H2,17,18,19). The third kappa shape index (κ3) is 5.94. The van der Waals surface area contributed by atoms with E-state index in [0.29, 0.717) is 6.10 Å². The summed E-state index contributed by atoms with van der Waals surface area (Å²) in [5, 5.41) is 8.76. The third-order valence-corrected chi connectivity index (χ3v) is 4.56. The van der Waals surface area contributed by atoms with E-state index in [4.69, 9.17) is 9.47 Å². The van der Waals surface area contributed by atoms with Crippen molar-refractivity contribution in [3.63, 3.8) is 0 Å². The number of ether oxygens (including phenoxy) is 2. The zero-order chi connectivity index (χ0) is 15.6. The summed E-state index contributed by atoms with van der Waals surface area (Å²) in [6.45, 7) is 9.02. The molecule has 0 saturated carbocycles. The van der Waals surface area contributed by atoms with Crippen molar-refractivity contribution >= 4 is 17.3 Å². The van der Waals surface area contributed by atoms with Crippen molar-refractivity contribution in [3.8, 4) is 0 Å². The van der Waals surface area contributed by atoms with Crippen LogP contribution in [0.3, 0.4) is 0 Å². The van der Waals surface area contributed by atoms with Crippen molar-refractivity contribution in [2.45, 2.75) is 39.3 Å². The summed E-state index contributed by atoms with van der Waals surface area (Å²) >= 11 is 1.76. The minimum atomic E-state index is 0.295. The average Bonchev–Trinajstić information content (AvgIpc) is 3.16. The highest BCUT2D eigenvalue weighted by Crippen LogP contribution is 2.16. The Hall–Kier alpha value is -1.11. The molecule has 1 unspecified atom stereocenters. The highest BCUT2D eigenvalue weighted by Gasteiger charge is 2.15. The van der Waals surface area contributed by atoms with Crippen molar-refractivity contribution in [1.29, 1.82) is 0 Å². The average molecular weight is 325 g/mol. The molecule has 0 bridgehead atoms. The van der Waals surface area contributed by atoms with Gasteiger partial charge in [-0.05, 0) is 43.7 Å². The summed E-state index contributed by atoms with van der Waals surface area (Å²) in [6, 6.07) is 2.14. The largest absolute Gasteiger partial charge is 0.379 e. The monoisotopic (exact) mass is 325 g/mol. The van der Waals surface area contributed by atoms with Gasteiger partial charge in [0.2, 0.25) is 0 Å². The first-order chi connectivity index (χ1) is 10.8. The lowest BCUT2D eigenvalue weighted by atomic mass is 10.3. The molecule has 124 valence electrons. The van der Waals surface area contributed by atoms with E-state index in [-0.39, 0.29) is 0 Å². The van der Waals surface area contributed by atoms with Gasteiger partial charge in [0.1, 0.15) is 0 Å². The Morgan fingerprint density at radius 1 is 1.50 bits per heavy atom. The summed E-state index contributed by atoms with van der Waals surface area (Å²) in [4.78, 5) is 5.96. The molecule has 0 aromatic carbocycles. The molecule has 6 heteroatoms. The fraction of sp³-hybridized carbons (Fsp3) is 0.688. The molecular weight excluding hydrogens is 298 g/mol.